The average Bonchev–Trinajstić information content (AvgIpc) is 3.68. The number of fused-ring (bicyclic) bond motifs is 7. The molecule has 0 amide bonds. The van der Waals surface area contributed by atoms with Gasteiger partial charge in [0.25, 0.3) is 0 Å². The van der Waals surface area contributed by atoms with Gasteiger partial charge < -0.3 is 4.90 Å². The molecule has 1 unspecified atom stereocenters. The predicted molar refractivity (Wildman–Crippen MR) is 293 cm³/mol. The normalized spacial score (nSPS) is 13.9. The van der Waals surface area contributed by atoms with Gasteiger partial charge in [-0.2, -0.15) is 0 Å². The summed E-state index contributed by atoms with van der Waals surface area (Å²) in [6.45, 7) is 2.40. The van der Waals surface area contributed by atoms with Gasteiger partial charge in [0.05, 0.1) is 5.69 Å². The molecule has 0 spiro atoms. The number of nitrogens with zero attached hydrogens (tertiary/aromatic N) is 1. The van der Waals surface area contributed by atoms with Crippen LogP contribution in [0.1, 0.15) is 23.6 Å². The van der Waals surface area contributed by atoms with Crippen molar-refractivity contribution in [3.63, 3.8) is 0 Å². The number of benzene rings is 12. The van der Waals surface area contributed by atoms with Crippen LogP contribution in [0.15, 0.2) is 267 Å². The fourth-order valence-electron chi connectivity index (χ4n) is 11.4. The van der Waals surface area contributed by atoms with Gasteiger partial charge in [0.2, 0.25) is 0 Å². The number of rotatable bonds is 8. The van der Waals surface area contributed by atoms with Crippen molar-refractivity contribution >= 4 is 49.4 Å². The first kappa shape index (κ1) is 40.5. The van der Waals surface area contributed by atoms with E-state index in [4.69, 9.17) is 0 Å². The van der Waals surface area contributed by atoms with Crippen molar-refractivity contribution in [1.82, 2.24) is 0 Å². The maximum absolute atomic E-state index is 2.49. The van der Waals surface area contributed by atoms with Gasteiger partial charge in [0.15, 0.2) is 0 Å². The second-order valence-corrected chi connectivity index (χ2v) is 18.5. The standard InChI is InChI=1S/C68H47N/c1-68(53-27-9-4-10-28-53)63-34-17-15-32-59(63)60-41-39-55(45-64(60)68)69(54-29-19-26-50(43-54)51-37-36-46-20-11-12-25-49(46)42-51)65-35-18-16-30-56(65)52-38-40-58-57-31-13-14-33-61(57)66(47-21-5-2-6-22-47)67(62(58)44-52)48-23-7-3-8-24-48/h2-45H,1H3. The lowest BCUT2D eigenvalue weighted by molar-refractivity contribution is 0.714. The maximum atomic E-state index is 2.49. The average molecular weight is 878 g/mol. The highest BCUT2D eigenvalue weighted by Gasteiger charge is 2.41. The Labute approximate surface area is 403 Å². The fraction of sp³-hybridized carbons (Fsp3) is 0.0294. The first-order valence-corrected chi connectivity index (χ1v) is 24.0. The van der Waals surface area contributed by atoms with Gasteiger partial charge >= 0.3 is 0 Å². The molecule has 1 aliphatic rings. The summed E-state index contributed by atoms with van der Waals surface area (Å²) in [5.74, 6) is 0. The van der Waals surface area contributed by atoms with E-state index < -0.39 is 0 Å². The Kier molecular flexibility index (Phi) is 9.70. The minimum absolute atomic E-state index is 0.354. The van der Waals surface area contributed by atoms with Gasteiger partial charge in [-0.1, -0.05) is 224 Å². The van der Waals surface area contributed by atoms with Crippen LogP contribution in [-0.2, 0) is 5.41 Å². The third kappa shape index (κ3) is 6.69. The highest BCUT2D eigenvalue weighted by atomic mass is 15.1. The molecule has 0 aromatic heterocycles. The maximum Gasteiger partial charge on any atom is 0.0540 e. The first-order chi connectivity index (χ1) is 34.1. The summed E-state index contributed by atoms with van der Waals surface area (Å²) < 4.78 is 0. The molecule has 324 valence electrons. The van der Waals surface area contributed by atoms with Crippen LogP contribution in [-0.4, -0.2) is 0 Å². The topological polar surface area (TPSA) is 3.24 Å². The zero-order valence-electron chi connectivity index (χ0n) is 38.4. The second-order valence-electron chi connectivity index (χ2n) is 18.5. The third-order valence-electron chi connectivity index (χ3n) is 14.7. The van der Waals surface area contributed by atoms with E-state index in [0.29, 0.717) is 0 Å². The van der Waals surface area contributed by atoms with Crippen molar-refractivity contribution in [2.75, 3.05) is 4.90 Å². The van der Waals surface area contributed by atoms with Crippen LogP contribution in [0.4, 0.5) is 17.1 Å². The largest absolute Gasteiger partial charge is 0.310 e. The molecule has 0 N–H and O–H groups in total. The monoisotopic (exact) mass is 877 g/mol. The molecule has 12 aromatic rings. The van der Waals surface area contributed by atoms with Crippen LogP contribution in [0.2, 0.25) is 0 Å². The van der Waals surface area contributed by atoms with Crippen molar-refractivity contribution < 1.29 is 0 Å². The molecule has 0 radical (unpaired) electrons. The highest BCUT2D eigenvalue weighted by molar-refractivity contribution is 6.22. The van der Waals surface area contributed by atoms with Crippen LogP contribution in [0, 0.1) is 0 Å². The molecular formula is C68H47N. The van der Waals surface area contributed by atoms with E-state index >= 15 is 0 Å². The third-order valence-corrected chi connectivity index (χ3v) is 14.7. The molecule has 1 heteroatoms. The summed E-state index contributed by atoms with van der Waals surface area (Å²) in [6.07, 6.45) is 0. The Hall–Kier alpha value is -8.78. The van der Waals surface area contributed by atoms with Crippen LogP contribution in [0.3, 0.4) is 0 Å². The molecule has 0 saturated carbocycles. The molecular weight excluding hydrogens is 831 g/mol. The van der Waals surface area contributed by atoms with Crippen LogP contribution < -0.4 is 4.90 Å². The molecule has 1 nitrogen and oxygen atoms in total. The molecule has 0 aliphatic heterocycles. The van der Waals surface area contributed by atoms with Gasteiger partial charge in [-0.15, -0.1) is 0 Å². The lowest BCUT2D eigenvalue weighted by atomic mass is 9.74. The quantitative estimate of drug-likeness (QED) is 0.138. The Morgan fingerprint density at radius 1 is 0.290 bits per heavy atom. The van der Waals surface area contributed by atoms with E-state index in [1.54, 1.807) is 0 Å². The minimum Gasteiger partial charge on any atom is -0.310 e. The van der Waals surface area contributed by atoms with Gasteiger partial charge in [-0.05, 0) is 148 Å². The lowest BCUT2D eigenvalue weighted by Gasteiger charge is -2.32. The molecule has 0 saturated heterocycles. The van der Waals surface area contributed by atoms with Crippen LogP contribution in [0.25, 0.3) is 88.0 Å². The van der Waals surface area contributed by atoms with Crippen molar-refractivity contribution in [1.29, 1.82) is 0 Å². The Bertz CT molecular complexity index is 3910. The van der Waals surface area contributed by atoms with Crippen molar-refractivity contribution in [3.8, 4) is 55.6 Å². The molecule has 12 aromatic carbocycles. The molecule has 1 atom stereocenters. The van der Waals surface area contributed by atoms with E-state index in [1.165, 1.54) is 93.5 Å². The van der Waals surface area contributed by atoms with E-state index in [1.807, 2.05) is 0 Å². The van der Waals surface area contributed by atoms with Crippen molar-refractivity contribution in [3.05, 3.63) is 284 Å². The van der Waals surface area contributed by atoms with Gasteiger partial charge in [-0.25, -0.2) is 0 Å². The van der Waals surface area contributed by atoms with E-state index in [2.05, 4.69) is 279 Å². The SMILES string of the molecule is CC1(c2ccccc2)c2ccccc2-c2ccc(N(c3cccc(-c4ccc5ccccc5c4)c3)c3ccccc3-c3ccc4c(c3)c(-c3ccccc3)c(-c3ccccc3)c3ccccc34)cc21. The number of para-hydroxylation sites is 1. The Balaban J connectivity index is 1.06. The highest BCUT2D eigenvalue weighted by Crippen LogP contribution is 2.55. The van der Waals surface area contributed by atoms with E-state index in [0.717, 1.165) is 28.2 Å². The van der Waals surface area contributed by atoms with Gasteiger partial charge in [0, 0.05) is 22.4 Å². The summed E-state index contributed by atoms with van der Waals surface area (Å²) >= 11 is 0. The van der Waals surface area contributed by atoms with Crippen LogP contribution >= 0.6 is 0 Å². The summed E-state index contributed by atoms with van der Waals surface area (Å²) in [7, 11) is 0. The van der Waals surface area contributed by atoms with Crippen molar-refractivity contribution in [2.45, 2.75) is 12.3 Å². The molecule has 0 fully saturated rings. The lowest BCUT2D eigenvalue weighted by Crippen LogP contribution is -2.22. The summed E-state index contributed by atoms with van der Waals surface area (Å²) in [4.78, 5) is 2.49. The second kappa shape index (κ2) is 16.5. The first-order valence-electron chi connectivity index (χ1n) is 24.0. The number of hydrogen-bond acceptors (Lipinski definition) is 1. The predicted octanol–water partition coefficient (Wildman–Crippen LogP) is 18.6. The molecule has 0 heterocycles. The molecule has 0 bridgehead atoms. The number of hydrogen-bond donors (Lipinski definition) is 0. The Morgan fingerprint density at radius 2 is 0.841 bits per heavy atom. The van der Waals surface area contributed by atoms with Gasteiger partial charge in [0.1, 0.15) is 0 Å². The summed E-state index contributed by atoms with van der Waals surface area (Å²) in [6, 6.07) is 98.6. The molecule has 69 heavy (non-hydrogen) atoms. The minimum atomic E-state index is -0.354. The fourth-order valence-corrected chi connectivity index (χ4v) is 11.4. The zero-order valence-corrected chi connectivity index (χ0v) is 38.4. The van der Waals surface area contributed by atoms with E-state index in [-0.39, 0.29) is 5.41 Å². The zero-order chi connectivity index (χ0) is 45.9. The van der Waals surface area contributed by atoms with Gasteiger partial charge in [-0.3, -0.25) is 0 Å². The Morgan fingerprint density at radius 3 is 1.62 bits per heavy atom. The molecule has 1 aliphatic carbocycles. The van der Waals surface area contributed by atoms with Crippen molar-refractivity contribution in [2.24, 2.45) is 0 Å². The summed E-state index contributed by atoms with van der Waals surface area (Å²) in [5.41, 5.74) is 19.0. The van der Waals surface area contributed by atoms with E-state index in [9.17, 15) is 0 Å². The van der Waals surface area contributed by atoms with Crippen LogP contribution in [0.5, 0.6) is 0 Å². The smallest absolute Gasteiger partial charge is 0.0540 e. The summed E-state index contributed by atoms with van der Waals surface area (Å²) in [5, 5.41) is 7.44. The number of anilines is 3. The molecule has 13 rings (SSSR count).